The lowest BCUT2D eigenvalue weighted by atomic mass is 9.69. The fraction of sp³-hybridized carbons (Fsp3) is 0.542. The Labute approximate surface area is 166 Å². The van der Waals surface area contributed by atoms with E-state index in [0.29, 0.717) is 31.8 Å². The number of amides is 1. The summed E-state index contributed by atoms with van der Waals surface area (Å²) in [5.74, 6) is 6.28. The molecule has 0 unspecified atom stereocenters. The SMILES string of the molecule is CC#Cc1cc(C)c(C2C(=O)CC(C3CN(C(=O)C4CC4)C3)CC2=O)c(C)c1. The number of ketones is 2. The number of likely N-dealkylation sites (tertiary alicyclic amines) is 1. The molecule has 4 heteroatoms. The highest BCUT2D eigenvalue weighted by molar-refractivity contribution is 6.10. The lowest BCUT2D eigenvalue weighted by molar-refractivity contribution is -0.142. The zero-order chi connectivity index (χ0) is 20.0. The van der Waals surface area contributed by atoms with Gasteiger partial charge in [-0.1, -0.05) is 5.92 Å². The Balaban J connectivity index is 1.46. The monoisotopic (exact) mass is 377 g/mol. The number of carbonyl (C=O) groups excluding carboxylic acids is 3. The van der Waals surface area contributed by atoms with Crippen LogP contribution in [0.4, 0.5) is 0 Å². The number of benzene rings is 1. The highest BCUT2D eigenvalue weighted by Crippen LogP contribution is 2.41. The van der Waals surface area contributed by atoms with Gasteiger partial charge >= 0.3 is 0 Å². The number of carbonyl (C=O) groups is 3. The summed E-state index contributed by atoms with van der Waals surface area (Å²) in [7, 11) is 0. The third-order valence-corrected chi connectivity index (χ3v) is 6.54. The van der Waals surface area contributed by atoms with Gasteiger partial charge in [0.1, 0.15) is 17.5 Å². The van der Waals surface area contributed by atoms with E-state index in [0.717, 1.165) is 35.1 Å². The Morgan fingerprint density at radius 3 is 2.07 bits per heavy atom. The molecule has 1 aromatic rings. The minimum Gasteiger partial charge on any atom is -0.342 e. The van der Waals surface area contributed by atoms with Gasteiger partial charge in [0.25, 0.3) is 0 Å². The summed E-state index contributed by atoms with van der Waals surface area (Å²) in [5, 5.41) is 0. The molecule has 2 aliphatic carbocycles. The maximum atomic E-state index is 13.0. The van der Waals surface area contributed by atoms with E-state index in [9.17, 15) is 14.4 Å². The molecule has 28 heavy (non-hydrogen) atoms. The quantitative estimate of drug-likeness (QED) is 0.601. The van der Waals surface area contributed by atoms with Crippen LogP contribution in [0.3, 0.4) is 0 Å². The lowest BCUT2D eigenvalue weighted by Gasteiger charge is -2.45. The summed E-state index contributed by atoms with van der Waals surface area (Å²) >= 11 is 0. The first kappa shape index (κ1) is 18.9. The standard InChI is InChI=1S/C24H27NO3/c1-4-5-16-8-14(2)22(15(3)9-16)23-20(26)10-18(11-21(23)27)19-12-25(13-19)24(28)17-6-7-17/h8-9,17-19,23H,6-7,10-13H2,1-3H3. The van der Waals surface area contributed by atoms with Crippen molar-refractivity contribution in [1.29, 1.82) is 0 Å². The van der Waals surface area contributed by atoms with Gasteiger partial charge in [0, 0.05) is 37.4 Å². The van der Waals surface area contributed by atoms with Crippen LogP contribution in [0.15, 0.2) is 12.1 Å². The highest BCUT2D eigenvalue weighted by atomic mass is 16.2. The fourth-order valence-corrected chi connectivity index (χ4v) is 4.89. The van der Waals surface area contributed by atoms with E-state index in [1.807, 2.05) is 30.9 Å². The second kappa shape index (κ2) is 7.20. The van der Waals surface area contributed by atoms with Gasteiger partial charge in [0.2, 0.25) is 5.91 Å². The molecule has 3 aliphatic rings. The van der Waals surface area contributed by atoms with Crippen LogP contribution in [0.1, 0.15) is 60.8 Å². The van der Waals surface area contributed by atoms with Gasteiger partial charge in [0.05, 0.1) is 0 Å². The molecule has 0 atom stereocenters. The minimum atomic E-state index is -0.635. The van der Waals surface area contributed by atoms with Crippen LogP contribution < -0.4 is 0 Å². The van der Waals surface area contributed by atoms with Crippen molar-refractivity contribution >= 4 is 17.5 Å². The predicted octanol–water partition coefficient (Wildman–Crippen LogP) is 3.18. The van der Waals surface area contributed by atoms with E-state index in [-0.39, 0.29) is 29.3 Å². The average Bonchev–Trinajstić information content (AvgIpc) is 3.40. The Kier molecular flexibility index (Phi) is 4.87. The molecule has 0 aromatic heterocycles. The summed E-state index contributed by atoms with van der Waals surface area (Å²) < 4.78 is 0. The molecule has 4 rings (SSSR count). The van der Waals surface area contributed by atoms with Crippen LogP contribution in [0.25, 0.3) is 0 Å². The third kappa shape index (κ3) is 3.39. The Hall–Kier alpha value is -2.41. The molecule has 0 N–H and O–H groups in total. The molecule has 1 aromatic carbocycles. The first-order valence-corrected chi connectivity index (χ1v) is 10.3. The van der Waals surface area contributed by atoms with Crippen molar-refractivity contribution in [2.24, 2.45) is 17.8 Å². The zero-order valence-electron chi connectivity index (χ0n) is 16.9. The van der Waals surface area contributed by atoms with Crippen LogP contribution in [-0.2, 0) is 14.4 Å². The molecule has 1 amide bonds. The van der Waals surface area contributed by atoms with Crippen LogP contribution in [-0.4, -0.2) is 35.5 Å². The van der Waals surface area contributed by atoms with Crippen molar-refractivity contribution in [2.75, 3.05) is 13.1 Å². The molecular formula is C24H27NO3. The minimum absolute atomic E-state index is 0.0359. The molecule has 4 nitrogen and oxygen atoms in total. The molecular weight excluding hydrogens is 350 g/mol. The summed E-state index contributed by atoms with van der Waals surface area (Å²) in [6.45, 7) is 7.15. The van der Waals surface area contributed by atoms with Crippen molar-refractivity contribution < 1.29 is 14.4 Å². The van der Waals surface area contributed by atoms with E-state index < -0.39 is 5.92 Å². The van der Waals surface area contributed by atoms with Crippen molar-refractivity contribution in [3.05, 3.63) is 34.4 Å². The molecule has 1 saturated heterocycles. The summed E-state index contributed by atoms with van der Waals surface area (Å²) in [5.41, 5.74) is 3.72. The van der Waals surface area contributed by atoms with Crippen LogP contribution in [0, 0.1) is 43.4 Å². The van der Waals surface area contributed by atoms with Gasteiger partial charge in [-0.3, -0.25) is 14.4 Å². The summed E-state index contributed by atoms with van der Waals surface area (Å²) in [6, 6.07) is 3.94. The highest BCUT2D eigenvalue weighted by Gasteiger charge is 2.46. The number of hydrogen-bond donors (Lipinski definition) is 0. The molecule has 2 saturated carbocycles. The molecule has 146 valence electrons. The Morgan fingerprint density at radius 2 is 1.57 bits per heavy atom. The van der Waals surface area contributed by atoms with E-state index in [1.54, 1.807) is 6.92 Å². The molecule has 0 radical (unpaired) electrons. The van der Waals surface area contributed by atoms with E-state index in [1.165, 1.54) is 0 Å². The number of hydrogen-bond acceptors (Lipinski definition) is 3. The average molecular weight is 377 g/mol. The molecule has 3 fully saturated rings. The Morgan fingerprint density at radius 1 is 1.00 bits per heavy atom. The Bertz CT molecular complexity index is 869. The van der Waals surface area contributed by atoms with Gasteiger partial charge < -0.3 is 4.90 Å². The van der Waals surface area contributed by atoms with Crippen molar-refractivity contribution in [1.82, 2.24) is 4.90 Å². The number of aryl methyl sites for hydroxylation is 2. The van der Waals surface area contributed by atoms with Crippen LogP contribution in [0.5, 0.6) is 0 Å². The van der Waals surface area contributed by atoms with Gasteiger partial charge in [-0.15, -0.1) is 5.92 Å². The largest absolute Gasteiger partial charge is 0.342 e. The normalized spacial score (nSPS) is 25.2. The third-order valence-electron chi connectivity index (χ3n) is 6.54. The second-order valence-corrected chi connectivity index (χ2v) is 8.71. The van der Waals surface area contributed by atoms with Crippen LogP contribution >= 0.6 is 0 Å². The van der Waals surface area contributed by atoms with Gasteiger partial charge in [0.15, 0.2) is 0 Å². The van der Waals surface area contributed by atoms with Gasteiger partial charge in [-0.2, -0.15) is 0 Å². The van der Waals surface area contributed by atoms with E-state index >= 15 is 0 Å². The number of rotatable bonds is 3. The second-order valence-electron chi connectivity index (χ2n) is 8.71. The lowest BCUT2D eigenvalue weighted by Crippen LogP contribution is -2.54. The maximum absolute atomic E-state index is 13.0. The fourth-order valence-electron chi connectivity index (χ4n) is 4.89. The van der Waals surface area contributed by atoms with Gasteiger partial charge in [-0.25, -0.2) is 0 Å². The van der Waals surface area contributed by atoms with Crippen LogP contribution in [0.2, 0.25) is 0 Å². The maximum Gasteiger partial charge on any atom is 0.225 e. The predicted molar refractivity (Wildman–Crippen MR) is 107 cm³/mol. The number of nitrogens with zero attached hydrogens (tertiary/aromatic N) is 1. The van der Waals surface area contributed by atoms with Crippen molar-refractivity contribution in [3.8, 4) is 11.8 Å². The molecule has 0 bridgehead atoms. The topological polar surface area (TPSA) is 54.5 Å². The molecule has 1 aliphatic heterocycles. The van der Waals surface area contributed by atoms with Gasteiger partial charge in [-0.05, 0) is 74.3 Å². The van der Waals surface area contributed by atoms with Crippen molar-refractivity contribution in [3.63, 3.8) is 0 Å². The van der Waals surface area contributed by atoms with E-state index in [2.05, 4.69) is 11.8 Å². The first-order chi connectivity index (χ1) is 13.4. The van der Waals surface area contributed by atoms with Crippen molar-refractivity contribution in [2.45, 2.75) is 52.4 Å². The summed E-state index contributed by atoms with van der Waals surface area (Å²) in [4.78, 5) is 40.0. The molecule has 0 spiro atoms. The summed E-state index contributed by atoms with van der Waals surface area (Å²) in [6.07, 6.45) is 2.93. The smallest absolute Gasteiger partial charge is 0.225 e. The molecule has 1 heterocycles. The zero-order valence-corrected chi connectivity index (χ0v) is 16.9. The van der Waals surface area contributed by atoms with E-state index in [4.69, 9.17) is 0 Å². The first-order valence-electron chi connectivity index (χ1n) is 10.3. The number of Topliss-reactive ketones (excluding diaryl/α,β-unsaturated/α-hetero) is 2.